The fourth-order valence-electron chi connectivity index (χ4n) is 8.92. The summed E-state index contributed by atoms with van der Waals surface area (Å²) < 4.78 is 6.70. The standard InChI is InChI=1S/C27H44O/c1-18(2)9-8-10-19(3)23-17-24-27(28-24)22-13-12-20-11-6-7-15-25(20,4)21(22)14-16-26(23,27)5/h13,18-21,23-24H,6-12,14-17H2,1-5H3/t19-,20+,21+,23-,24+,25+,26-,27+/m1/s1. The summed E-state index contributed by atoms with van der Waals surface area (Å²) in [5, 5.41) is 0. The molecular weight excluding hydrogens is 340 g/mol. The van der Waals surface area contributed by atoms with Crippen LogP contribution in [-0.4, -0.2) is 11.7 Å². The molecule has 0 aromatic rings. The van der Waals surface area contributed by atoms with Crippen LogP contribution in [0.3, 0.4) is 0 Å². The first-order valence-corrected chi connectivity index (χ1v) is 12.7. The monoisotopic (exact) mass is 384 g/mol. The molecule has 1 spiro atoms. The summed E-state index contributed by atoms with van der Waals surface area (Å²) in [4.78, 5) is 0. The third kappa shape index (κ3) is 2.53. The predicted octanol–water partition coefficient (Wildman–Crippen LogP) is 7.55. The Hall–Kier alpha value is -0.300. The molecule has 0 amide bonds. The van der Waals surface area contributed by atoms with E-state index in [1.807, 2.05) is 0 Å². The van der Waals surface area contributed by atoms with Crippen LogP contribution in [0, 0.1) is 40.4 Å². The van der Waals surface area contributed by atoms with E-state index >= 15 is 0 Å². The maximum atomic E-state index is 6.70. The van der Waals surface area contributed by atoms with Crippen molar-refractivity contribution in [2.75, 3.05) is 0 Å². The van der Waals surface area contributed by atoms with Gasteiger partial charge in [0.25, 0.3) is 0 Å². The first kappa shape index (κ1) is 19.7. The quantitative estimate of drug-likeness (QED) is 0.352. The van der Waals surface area contributed by atoms with E-state index in [4.69, 9.17) is 4.74 Å². The van der Waals surface area contributed by atoms with E-state index in [0.29, 0.717) is 16.9 Å². The molecule has 0 aromatic heterocycles. The van der Waals surface area contributed by atoms with Crippen molar-refractivity contribution in [2.24, 2.45) is 40.4 Å². The van der Waals surface area contributed by atoms with E-state index in [0.717, 1.165) is 29.6 Å². The first-order chi connectivity index (χ1) is 13.3. The van der Waals surface area contributed by atoms with Crippen molar-refractivity contribution < 1.29 is 4.74 Å². The SMILES string of the molecule is CC(C)CCC[C@@H](C)[C@H]1C[C@@H]2O[C@@]23C2=CC[C@@H]4CCCC[C@]4(C)[C@H]2CC[C@]13C. The van der Waals surface area contributed by atoms with Gasteiger partial charge >= 0.3 is 0 Å². The number of fused-ring (bicyclic) bond motifs is 3. The molecule has 4 fully saturated rings. The lowest BCUT2D eigenvalue weighted by molar-refractivity contribution is -0.0427. The van der Waals surface area contributed by atoms with E-state index < -0.39 is 0 Å². The molecule has 1 aliphatic heterocycles. The fraction of sp³-hybridized carbons (Fsp3) is 0.926. The molecule has 1 heterocycles. The Bertz CT molecular complexity index is 649. The second-order valence-electron chi connectivity index (χ2n) is 12.3. The lowest BCUT2D eigenvalue weighted by atomic mass is 9.47. The summed E-state index contributed by atoms with van der Waals surface area (Å²) in [5.74, 6) is 4.34. The van der Waals surface area contributed by atoms with Gasteiger partial charge in [0.2, 0.25) is 0 Å². The highest BCUT2D eigenvalue weighted by atomic mass is 16.6. The number of hydrogen-bond donors (Lipinski definition) is 0. The molecule has 4 aliphatic carbocycles. The first-order valence-electron chi connectivity index (χ1n) is 12.7. The smallest absolute Gasteiger partial charge is 0.122 e. The van der Waals surface area contributed by atoms with Crippen LogP contribution < -0.4 is 0 Å². The van der Waals surface area contributed by atoms with E-state index in [9.17, 15) is 0 Å². The highest BCUT2D eigenvalue weighted by Gasteiger charge is 2.79. The largest absolute Gasteiger partial charge is 0.361 e. The summed E-state index contributed by atoms with van der Waals surface area (Å²) in [5.41, 5.74) is 2.91. The van der Waals surface area contributed by atoms with Crippen molar-refractivity contribution in [1.82, 2.24) is 0 Å². The van der Waals surface area contributed by atoms with Crippen LogP contribution in [0.5, 0.6) is 0 Å². The van der Waals surface area contributed by atoms with Crippen molar-refractivity contribution in [3.05, 3.63) is 11.6 Å². The molecule has 3 saturated carbocycles. The van der Waals surface area contributed by atoms with E-state index in [1.54, 1.807) is 5.57 Å². The third-order valence-corrected chi connectivity index (χ3v) is 10.6. The highest BCUT2D eigenvalue weighted by molar-refractivity contribution is 5.43. The van der Waals surface area contributed by atoms with Gasteiger partial charge in [-0.15, -0.1) is 0 Å². The normalized spacial score (nSPS) is 50.3. The van der Waals surface area contributed by atoms with Crippen LogP contribution >= 0.6 is 0 Å². The van der Waals surface area contributed by atoms with Crippen LogP contribution in [0.4, 0.5) is 0 Å². The Kier molecular flexibility index (Phi) is 4.63. The fourth-order valence-corrected chi connectivity index (χ4v) is 8.92. The second-order valence-corrected chi connectivity index (χ2v) is 12.3. The van der Waals surface area contributed by atoms with Crippen molar-refractivity contribution in [3.63, 3.8) is 0 Å². The van der Waals surface area contributed by atoms with Gasteiger partial charge in [0, 0.05) is 5.41 Å². The average Bonchev–Trinajstić information content (AvgIpc) is 3.31. The van der Waals surface area contributed by atoms with Crippen LogP contribution in [-0.2, 0) is 4.74 Å². The zero-order chi connectivity index (χ0) is 19.7. The molecule has 1 nitrogen and oxygen atoms in total. The molecule has 0 radical (unpaired) electrons. The van der Waals surface area contributed by atoms with Gasteiger partial charge in [-0.25, -0.2) is 0 Å². The molecule has 1 saturated heterocycles. The van der Waals surface area contributed by atoms with Crippen molar-refractivity contribution >= 4 is 0 Å². The molecule has 0 unspecified atom stereocenters. The number of allylic oxidation sites excluding steroid dienone is 1. The topological polar surface area (TPSA) is 12.5 Å². The van der Waals surface area contributed by atoms with Gasteiger partial charge in [0.1, 0.15) is 5.60 Å². The average molecular weight is 385 g/mol. The molecular formula is C27H44O. The van der Waals surface area contributed by atoms with E-state index in [-0.39, 0.29) is 5.60 Å². The molecule has 1 heteroatoms. The zero-order valence-electron chi connectivity index (χ0n) is 19.2. The van der Waals surface area contributed by atoms with Crippen molar-refractivity contribution in [2.45, 2.75) is 117 Å². The molecule has 5 rings (SSSR count). The minimum absolute atomic E-state index is 0.151. The second kappa shape index (κ2) is 6.60. The molecule has 28 heavy (non-hydrogen) atoms. The molecule has 5 aliphatic rings. The maximum Gasteiger partial charge on any atom is 0.122 e. The number of ether oxygens (including phenoxy) is 1. The van der Waals surface area contributed by atoms with Gasteiger partial charge < -0.3 is 4.74 Å². The number of hydrogen-bond acceptors (Lipinski definition) is 1. The van der Waals surface area contributed by atoms with Crippen molar-refractivity contribution in [1.29, 1.82) is 0 Å². The van der Waals surface area contributed by atoms with Crippen LogP contribution in [0.15, 0.2) is 11.6 Å². The van der Waals surface area contributed by atoms with Gasteiger partial charge in [-0.2, -0.15) is 0 Å². The molecule has 0 aromatic carbocycles. The molecule has 0 N–H and O–H groups in total. The summed E-state index contributed by atoms with van der Waals surface area (Å²) >= 11 is 0. The minimum atomic E-state index is 0.151. The Morgan fingerprint density at radius 1 is 1.07 bits per heavy atom. The summed E-state index contributed by atoms with van der Waals surface area (Å²) in [7, 11) is 0. The molecule has 8 atom stereocenters. The zero-order valence-corrected chi connectivity index (χ0v) is 19.2. The van der Waals surface area contributed by atoms with Crippen LogP contribution in [0.1, 0.15) is 105 Å². The maximum absolute atomic E-state index is 6.70. The van der Waals surface area contributed by atoms with Crippen LogP contribution in [0.2, 0.25) is 0 Å². The van der Waals surface area contributed by atoms with Gasteiger partial charge in [0.15, 0.2) is 0 Å². The minimum Gasteiger partial charge on any atom is -0.361 e. The summed E-state index contributed by atoms with van der Waals surface area (Å²) in [6.45, 7) is 12.6. The Morgan fingerprint density at radius 3 is 2.68 bits per heavy atom. The van der Waals surface area contributed by atoms with Crippen LogP contribution in [0.25, 0.3) is 0 Å². The van der Waals surface area contributed by atoms with Gasteiger partial charge in [-0.05, 0) is 79.1 Å². The third-order valence-electron chi connectivity index (χ3n) is 10.6. The van der Waals surface area contributed by atoms with Crippen molar-refractivity contribution in [3.8, 4) is 0 Å². The number of rotatable bonds is 5. The highest BCUT2D eigenvalue weighted by Crippen LogP contribution is 2.76. The molecule has 158 valence electrons. The van der Waals surface area contributed by atoms with Gasteiger partial charge in [0.05, 0.1) is 6.10 Å². The molecule has 0 bridgehead atoms. The lowest BCUT2D eigenvalue weighted by Crippen LogP contribution is -2.53. The summed E-state index contributed by atoms with van der Waals surface area (Å²) in [6, 6.07) is 0. The lowest BCUT2D eigenvalue weighted by Gasteiger charge is -2.57. The van der Waals surface area contributed by atoms with Gasteiger partial charge in [-0.3, -0.25) is 0 Å². The Balaban J connectivity index is 1.39. The van der Waals surface area contributed by atoms with E-state index in [2.05, 4.69) is 40.7 Å². The van der Waals surface area contributed by atoms with Gasteiger partial charge in [-0.1, -0.05) is 72.8 Å². The summed E-state index contributed by atoms with van der Waals surface area (Å²) in [6.07, 6.45) is 18.9. The Morgan fingerprint density at radius 2 is 1.89 bits per heavy atom. The Labute approximate surface area is 174 Å². The van der Waals surface area contributed by atoms with E-state index in [1.165, 1.54) is 70.6 Å². The number of epoxide rings is 1. The predicted molar refractivity (Wildman–Crippen MR) is 117 cm³/mol.